The van der Waals surface area contributed by atoms with Crippen molar-refractivity contribution in [1.29, 1.82) is 0 Å². The Morgan fingerprint density at radius 1 is 1.35 bits per heavy atom. The summed E-state index contributed by atoms with van der Waals surface area (Å²) in [4.78, 5) is 19.3. The molecule has 2 fully saturated rings. The molecule has 2 aliphatic rings. The van der Waals surface area contributed by atoms with Gasteiger partial charge in [-0.25, -0.2) is 4.98 Å². The Kier molecular flexibility index (Phi) is 3.47. The minimum absolute atomic E-state index is 0.0950. The average Bonchev–Trinajstić information content (AvgIpc) is 2.99. The number of amides is 1. The number of imidazole rings is 1. The third-order valence-electron chi connectivity index (χ3n) is 5.00. The van der Waals surface area contributed by atoms with E-state index in [4.69, 9.17) is 0 Å². The second-order valence-corrected chi connectivity index (χ2v) is 6.63. The molecule has 1 saturated heterocycles. The number of hydrogen-bond acceptors (Lipinski definition) is 3. The third kappa shape index (κ3) is 2.46. The molecule has 23 heavy (non-hydrogen) atoms. The van der Waals surface area contributed by atoms with E-state index in [2.05, 4.69) is 21.6 Å². The molecule has 6 nitrogen and oxygen atoms in total. The van der Waals surface area contributed by atoms with Gasteiger partial charge in [0.25, 0.3) is 5.91 Å². The number of hydrogen-bond donors (Lipinski definition) is 0. The second kappa shape index (κ2) is 5.51. The number of carbonyl (C=O) groups excluding carboxylic acids is 1. The second-order valence-electron chi connectivity index (χ2n) is 6.63. The van der Waals surface area contributed by atoms with Crippen LogP contribution in [0.5, 0.6) is 0 Å². The Bertz CT molecular complexity index is 727. The van der Waals surface area contributed by atoms with Crippen molar-refractivity contribution in [1.82, 2.24) is 24.2 Å². The maximum atomic E-state index is 12.8. The molecule has 1 atom stereocenters. The molecule has 0 N–H and O–H groups in total. The Balaban J connectivity index is 1.53. The SMILES string of the molecule is CCn1nccc1C(=O)N1CCC(n2c(C)cnc2C2CC2)C1. The van der Waals surface area contributed by atoms with Crippen LogP contribution in [0.2, 0.25) is 0 Å². The van der Waals surface area contributed by atoms with Crippen molar-refractivity contribution in [2.45, 2.75) is 51.6 Å². The lowest BCUT2D eigenvalue weighted by Gasteiger charge is -2.20. The summed E-state index contributed by atoms with van der Waals surface area (Å²) in [5.41, 5.74) is 1.91. The molecule has 0 spiro atoms. The van der Waals surface area contributed by atoms with E-state index in [9.17, 15) is 4.79 Å². The molecule has 4 rings (SSSR count). The molecule has 1 unspecified atom stereocenters. The van der Waals surface area contributed by atoms with E-state index in [1.165, 1.54) is 24.4 Å². The van der Waals surface area contributed by atoms with E-state index >= 15 is 0 Å². The smallest absolute Gasteiger partial charge is 0.272 e. The zero-order chi connectivity index (χ0) is 16.0. The first-order chi connectivity index (χ1) is 11.2. The zero-order valence-electron chi connectivity index (χ0n) is 13.8. The van der Waals surface area contributed by atoms with E-state index in [0.717, 1.165) is 26.1 Å². The molecule has 0 bridgehead atoms. The number of carbonyl (C=O) groups is 1. The predicted molar refractivity (Wildman–Crippen MR) is 86.4 cm³/mol. The molecule has 2 aromatic heterocycles. The topological polar surface area (TPSA) is 56.0 Å². The van der Waals surface area contributed by atoms with Crippen molar-refractivity contribution in [3.63, 3.8) is 0 Å². The number of likely N-dealkylation sites (tertiary alicyclic amines) is 1. The highest BCUT2D eigenvalue weighted by Crippen LogP contribution is 2.41. The first kappa shape index (κ1) is 14.5. The van der Waals surface area contributed by atoms with Crippen LogP contribution in [0.15, 0.2) is 18.5 Å². The minimum atomic E-state index is 0.0950. The number of aryl methyl sites for hydroxylation is 2. The van der Waals surface area contributed by atoms with Gasteiger partial charge in [0.15, 0.2) is 0 Å². The van der Waals surface area contributed by atoms with Crippen LogP contribution in [0.3, 0.4) is 0 Å². The molecule has 1 aliphatic carbocycles. The van der Waals surface area contributed by atoms with E-state index in [0.29, 0.717) is 17.7 Å². The fourth-order valence-electron chi connectivity index (χ4n) is 3.65. The van der Waals surface area contributed by atoms with Crippen LogP contribution < -0.4 is 0 Å². The summed E-state index contributed by atoms with van der Waals surface area (Å²) < 4.78 is 4.15. The van der Waals surface area contributed by atoms with Gasteiger partial charge in [-0.2, -0.15) is 5.10 Å². The van der Waals surface area contributed by atoms with Crippen molar-refractivity contribution in [3.05, 3.63) is 35.7 Å². The quantitative estimate of drug-likeness (QED) is 0.871. The van der Waals surface area contributed by atoms with Gasteiger partial charge in [0.1, 0.15) is 11.5 Å². The van der Waals surface area contributed by atoms with Gasteiger partial charge in [0.05, 0.1) is 6.04 Å². The average molecular weight is 313 g/mol. The molecule has 1 amide bonds. The summed E-state index contributed by atoms with van der Waals surface area (Å²) in [6, 6.07) is 2.17. The van der Waals surface area contributed by atoms with Gasteiger partial charge >= 0.3 is 0 Å². The van der Waals surface area contributed by atoms with Gasteiger partial charge in [-0.1, -0.05) is 0 Å². The fraction of sp³-hybridized carbons (Fsp3) is 0.588. The summed E-state index contributed by atoms with van der Waals surface area (Å²) in [5, 5.41) is 4.21. The Morgan fingerprint density at radius 3 is 2.91 bits per heavy atom. The van der Waals surface area contributed by atoms with E-state index < -0.39 is 0 Å². The van der Waals surface area contributed by atoms with Crippen molar-refractivity contribution in [2.24, 2.45) is 0 Å². The van der Waals surface area contributed by atoms with Crippen LogP contribution in [0, 0.1) is 6.92 Å². The molecule has 0 radical (unpaired) electrons. The number of aromatic nitrogens is 4. The minimum Gasteiger partial charge on any atom is -0.335 e. The third-order valence-corrected chi connectivity index (χ3v) is 5.00. The maximum Gasteiger partial charge on any atom is 0.272 e. The van der Waals surface area contributed by atoms with Crippen molar-refractivity contribution in [2.75, 3.05) is 13.1 Å². The first-order valence-corrected chi connectivity index (χ1v) is 8.53. The molecule has 122 valence electrons. The molecule has 0 aromatic carbocycles. The number of rotatable bonds is 4. The van der Waals surface area contributed by atoms with Gasteiger partial charge in [-0.3, -0.25) is 9.48 Å². The highest BCUT2D eigenvalue weighted by Gasteiger charge is 2.35. The van der Waals surface area contributed by atoms with Gasteiger partial charge in [0, 0.05) is 43.6 Å². The summed E-state index contributed by atoms with van der Waals surface area (Å²) in [5.74, 6) is 1.95. The molecular formula is C17H23N5O. The Morgan fingerprint density at radius 2 is 2.17 bits per heavy atom. The lowest BCUT2D eigenvalue weighted by atomic mass is 10.2. The van der Waals surface area contributed by atoms with E-state index in [-0.39, 0.29) is 5.91 Å². The Labute approximate surface area is 136 Å². The molecule has 3 heterocycles. The van der Waals surface area contributed by atoms with Crippen molar-refractivity contribution in [3.8, 4) is 0 Å². The van der Waals surface area contributed by atoms with Gasteiger partial charge in [-0.15, -0.1) is 0 Å². The lowest BCUT2D eigenvalue weighted by molar-refractivity contribution is 0.0775. The normalized spacial score (nSPS) is 21.1. The highest BCUT2D eigenvalue weighted by molar-refractivity contribution is 5.92. The maximum absolute atomic E-state index is 12.8. The van der Waals surface area contributed by atoms with Crippen molar-refractivity contribution >= 4 is 5.91 Å². The zero-order valence-corrected chi connectivity index (χ0v) is 13.8. The Hall–Kier alpha value is -2.11. The molecular weight excluding hydrogens is 290 g/mol. The van der Waals surface area contributed by atoms with Crippen LogP contribution >= 0.6 is 0 Å². The fourth-order valence-corrected chi connectivity index (χ4v) is 3.65. The molecule has 1 saturated carbocycles. The molecule has 2 aromatic rings. The van der Waals surface area contributed by atoms with Crippen LogP contribution in [-0.4, -0.2) is 43.2 Å². The highest BCUT2D eigenvalue weighted by atomic mass is 16.2. The van der Waals surface area contributed by atoms with Crippen LogP contribution in [0.4, 0.5) is 0 Å². The largest absolute Gasteiger partial charge is 0.335 e. The summed E-state index contributed by atoms with van der Waals surface area (Å²) in [6.45, 7) is 6.42. The van der Waals surface area contributed by atoms with E-state index in [1.54, 1.807) is 10.9 Å². The van der Waals surface area contributed by atoms with Gasteiger partial charge < -0.3 is 9.47 Å². The van der Waals surface area contributed by atoms with Crippen LogP contribution in [0.1, 0.15) is 60.2 Å². The monoisotopic (exact) mass is 313 g/mol. The molecule has 1 aliphatic heterocycles. The van der Waals surface area contributed by atoms with Gasteiger partial charge in [0.2, 0.25) is 0 Å². The van der Waals surface area contributed by atoms with E-state index in [1.807, 2.05) is 24.1 Å². The number of nitrogens with zero attached hydrogens (tertiary/aromatic N) is 5. The van der Waals surface area contributed by atoms with Crippen LogP contribution in [-0.2, 0) is 6.54 Å². The first-order valence-electron chi connectivity index (χ1n) is 8.53. The van der Waals surface area contributed by atoms with Gasteiger partial charge in [-0.05, 0) is 39.2 Å². The van der Waals surface area contributed by atoms with Crippen LogP contribution in [0.25, 0.3) is 0 Å². The summed E-state index contributed by atoms with van der Waals surface area (Å²) in [6.07, 6.45) is 7.19. The standard InChI is InChI=1S/C17H23N5O/c1-3-21-15(6-8-19-21)17(23)20-9-7-14(11-20)22-12(2)10-18-16(22)13-4-5-13/h6,8,10,13-14H,3-5,7,9,11H2,1-2H3. The summed E-state index contributed by atoms with van der Waals surface area (Å²) >= 11 is 0. The predicted octanol–water partition coefficient (Wildman–Crippen LogP) is 2.37. The lowest BCUT2D eigenvalue weighted by Crippen LogP contribution is -2.31. The molecule has 6 heteroatoms. The summed E-state index contributed by atoms with van der Waals surface area (Å²) in [7, 11) is 0. The van der Waals surface area contributed by atoms with Crippen molar-refractivity contribution < 1.29 is 4.79 Å².